The van der Waals surface area contributed by atoms with Crippen LogP contribution in [0.4, 0.5) is 0 Å². The highest BCUT2D eigenvalue weighted by molar-refractivity contribution is 7.99. The zero-order chi connectivity index (χ0) is 11.8. The molecule has 1 saturated heterocycles. The third-order valence-electron chi connectivity index (χ3n) is 3.12. The van der Waals surface area contributed by atoms with Crippen LogP contribution in [0.2, 0.25) is 5.02 Å². The molecular weight excluding hydrogens is 256 g/mol. The topological polar surface area (TPSA) is 37.8 Å². The number of fused-ring (bicyclic) bond motifs is 1. The van der Waals surface area contributed by atoms with Gasteiger partial charge in [0.2, 0.25) is 0 Å². The second-order valence-corrected chi connectivity index (χ2v) is 6.01. The van der Waals surface area contributed by atoms with Gasteiger partial charge >= 0.3 is 5.69 Å². The lowest BCUT2D eigenvalue weighted by atomic mass is 10.2. The lowest BCUT2D eigenvalue weighted by molar-refractivity contribution is 0.568. The van der Waals surface area contributed by atoms with Crippen molar-refractivity contribution in [3.05, 3.63) is 33.7 Å². The van der Waals surface area contributed by atoms with Crippen LogP contribution in [0.3, 0.4) is 0 Å². The van der Waals surface area contributed by atoms with Crippen LogP contribution in [-0.4, -0.2) is 15.3 Å². The molecule has 1 aromatic carbocycles. The van der Waals surface area contributed by atoms with Crippen molar-refractivity contribution >= 4 is 34.4 Å². The fourth-order valence-electron chi connectivity index (χ4n) is 2.31. The number of imidazole rings is 1. The average Bonchev–Trinajstić information content (AvgIpc) is 2.65. The molecule has 1 fully saturated rings. The Bertz CT molecular complexity index is 598. The molecule has 0 aliphatic carbocycles. The van der Waals surface area contributed by atoms with Crippen LogP contribution in [-0.2, 0) is 0 Å². The zero-order valence-corrected chi connectivity index (χ0v) is 10.9. The van der Waals surface area contributed by atoms with Gasteiger partial charge in [0.25, 0.3) is 0 Å². The number of benzene rings is 1. The molecular formula is C12H13ClN2OS. The fraction of sp³-hybridized carbons (Fsp3) is 0.417. The Morgan fingerprint density at radius 3 is 3.06 bits per heavy atom. The molecule has 1 aliphatic rings. The van der Waals surface area contributed by atoms with Gasteiger partial charge in [0.1, 0.15) is 0 Å². The van der Waals surface area contributed by atoms with Gasteiger partial charge in [-0.1, -0.05) is 11.6 Å². The predicted octanol–water partition coefficient (Wildman–Crippen LogP) is 3.40. The van der Waals surface area contributed by atoms with Gasteiger partial charge in [0, 0.05) is 5.02 Å². The molecule has 90 valence electrons. The van der Waals surface area contributed by atoms with E-state index in [1.165, 1.54) is 12.8 Å². The fourth-order valence-corrected chi connectivity index (χ4v) is 3.81. The Balaban J connectivity index is 2.16. The van der Waals surface area contributed by atoms with Gasteiger partial charge < -0.3 is 4.98 Å². The second kappa shape index (κ2) is 4.42. The first-order valence-electron chi connectivity index (χ1n) is 5.77. The van der Waals surface area contributed by atoms with Gasteiger partial charge in [0.05, 0.1) is 16.4 Å². The van der Waals surface area contributed by atoms with E-state index in [4.69, 9.17) is 11.6 Å². The summed E-state index contributed by atoms with van der Waals surface area (Å²) >= 11 is 7.86. The Hall–Kier alpha value is -0.870. The van der Waals surface area contributed by atoms with Crippen molar-refractivity contribution in [1.82, 2.24) is 9.55 Å². The molecule has 1 N–H and O–H groups in total. The Kier molecular flexibility index (Phi) is 2.92. The average molecular weight is 269 g/mol. The summed E-state index contributed by atoms with van der Waals surface area (Å²) in [6.07, 6.45) is 3.50. The van der Waals surface area contributed by atoms with Crippen LogP contribution < -0.4 is 5.69 Å². The van der Waals surface area contributed by atoms with E-state index in [1.807, 2.05) is 28.5 Å². The molecule has 0 saturated carbocycles. The van der Waals surface area contributed by atoms with E-state index >= 15 is 0 Å². The highest BCUT2D eigenvalue weighted by Crippen LogP contribution is 2.35. The third-order valence-corrected chi connectivity index (χ3v) is 4.71. The van der Waals surface area contributed by atoms with E-state index < -0.39 is 0 Å². The number of halogens is 1. The van der Waals surface area contributed by atoms with Crippen LogP contribution >= 0.6 is 23.4 Å². The Morgan fingerprint density at radius 1 is 1.41 bits per heavy atom. The smallest absolute Gasteiger partial charge is 0.306 e. The summed E-state index contributed by atoms with van der Waals surface area (Å²) in [5, 5.41) is 0.925. The van der Waals surface area contributed by atoms with E-state index in [9.17, 15) is 4.79 Å². The molecule has 2 heterocycles. The summed E-state index contributed by atoms with van der Waals surface area (Å²) in [7, 11) is 0. The monoisotopic (exact) mass is 268 g/mol. The van der Waals surface area contributed by atoms with E-state index in [2.05, 4.69) is 4.98 Å². The Morgan fingerprint density at radius 2 is 2.29 bits per heavy atom. The van der Waals surface area contributed by atoms with Gasteiger partial charge in [-0.25, -0.2) is 4.79 Å². The van der Waals surface area contributed by atoms with Crippen LogP contribution in [0.5, 0.6) is 0 Å². The molecule has 0 amide bonds. The summed E-state index contributed by atoms with van der Waals surface area (Å²) in [6.45, 7) is 0. The van der Waals surface area contributed by atoms with Crippen molar-refractivity contribution in [3.8, 4) is 0 Å². The number of H-pyrrole nitrogens is 1. The standard InChI is InChI=1S/C12H13ClN2OS/c13-8-4-5-9-10(7-8)15(12(16)14-9)11-3-1-2-6-17-11/h4-5,7,11H,1-3,6H2,(H,14,16). The van der Waals surface area contributed by atoms with Crippen LogP contribution in [0.1, 0.15) is 24.6 Å². The van der Waals surface area contributed by atoms with Gasteiger partial charge in [-0.05, 0) is 43.2 Å². The highest BCUT2D eigenvalue weighted by Gasteiger charge is 2.20. The summed E-state index contributed by atoms with van der Waals surface area (Å²) in [4.78, 5) is 14.9. The minimum atomic E-state index is -0.0262. The zero-order valence-electron chi connectivity index (χ0n) is 9.28. The molecule has 2 aromatic rings. The predicted molar refractivity (Wildman–Crippen MR) is 72.9 cm³/mol. The van der Waals surface area contributed by atoms with E-state index in [0.717, 1.165) is 23.2 Å². The van der Waals surface area contributed by atoms with Crippen molar-refractivity contribution in [2.24, 2.45) is 0 Å². The number of rotatable bonds is 1. The maximum Gasteiger partial charge on any atom is 0.327 e. The molecule has 0 bridgehead atoms. The first kappa shape index (κ1) is 11.2. The largest absolute Gasteiger partial charge is 0.327 e. The normalized spacial score (nSPS) is 20.9. The number of aromatic amines is 1. The first-order valence-corrected chi connectivity index (χ1v) is 7.20. The van der Waals surface area contributed by atoms with E-state index in [1.54, 1.807) is 6.07 Å². The number of nitrogens with one attached hydrogen (secondary N) is 1. The number of aromatic nitrogens is 2. The van der Waals surface area contributed by atoms with Crippen LogP contribution in [0.15, 0.2) is 23.0 Å². The summed E-state index contributed by atoms with van der Waals surface area (Å²) in [6, 6.07) is 5.53. The minimum absolute atomic E-state index is 0.0262. The molecule has 1 aliphatic heterocycles. The summed E-state index contributed by atoms with van der Waals surface area (Å²) in [5.74, 6) is 1.13. The third kappa shape index (κ3) is 2.00. The molecule has 1 atom stereocenters. The lowest BCUT2D eigenvalue weighted by Crippen LogP contribution is -2.22. The minimum Gasteiger partial charge on any atom is -0.306 e. The molecule has 1 aromatic heterocycles. The SMILES string of the molecule is O=c1[nH]c2ccc(Cl)cc2n1C1CCCCS1. The Labute approximate surface area is 108 Å². The van der Waals surface area contributed by atoms with Crippen molar-refractivity contribution in [2.75, 3.05) is 5.75 Å². The lowest BCUT2D eigenvalue weighted by Gasteiger charge is -2.22. The van der Waals surface area contributed by atoms with Crippen molar-refractivity contribution in [2.45, 2.75) is 24.6 Å². The molecule has 17 heavy (non-hydrogen) atoms. The quantitative estimate of drug-likeness (QED) is 0.861. The molecule has 0 radical (unpaired) electrons. The summed E-state index contributed by atoms with van der Waals surface area (Å²) < 4.78 is 1.85. The second-order valence-electron chi connectivity index (χ2n) is 4.28. The van der Waals surface area contributed by atoms with Gasteiger partial charge in [0.15, 0.2) is 0 Å². The number of hydrogen-bond donors (Lipinski definition) is 1. The van der Waals surface area contributed by atoms with Crippen LogP contribution in [0.25, 0.3) is 11.0 Å². The maximum atomic E-state index is 12.0. The van der Waals surface area contributed by atoms with Crippen molar-refractivity contribution in [1.29, 1.82) is 0 Å². The molecule has 5 heteroatoms. The number of hydrogen-bond acceptors (Lipinski definition) is 2. The van der Waals surface area contributed by atoms with E-state index in [-0.39, 0.29) is 11.1 Å². The molecule has 3 rings (SSSR count). The molecule has 3 nitrogen and oxygen atoms in total. The summed E-state index contributed by atoms with van der Waals surface area (Å²) in [5.41, 5.74) is 1.76. The van der Waals surface area contributed by atoms with Gasteiger partial charge in [-0.3, -0.25) is 4.57 Å². The number of thioether (sulfide) groups is 1. The van der Waals surface area contributed by atoms with Gasteiger partial charge in [-0.2, -0.15) is 0 Å². The number of nitrogens with zero attached hydrogens (tertiary/aromatic N) is 1. The maximum absolute atomic E-state index is 12.0. The van der Waals surface area contributed by atoms with Crippen molar-refractivity contribution in [3.63, 3.8) is 0 Å². The van der Waals surface area contributed by atoms with Gasteiger partial charge in [-0.15, -0.1) is 11.8 Å². The van der Waals surface area contributed by atoms with Crippen molar-refractivity contribution < 1.29 is 0 Å². The molecule has 0 spiro atoms. The first-order chi connectivity index (χ1) is 8.25. The van der Waals surface area contributed by atoms with E-state index in [0.29, 0.717) is 5.02 Å². The molecule has 1 unspecified atom stereocenters. The van der Waals surface area contributed by atoms with Crippen LogP contribution in [0, 0.1) is 0 Å². The highest BCUT2D eigenvalue weighted by atomic mass is 35.5.